The Morgan fingerprint density at radius 2 is 1.72 bits per heavy atom. The second-order valence-electron chi connectivity index (χ2n) is 4.19. The van der Waals surface area contributed by atoms with Crippen LogP contribution in [0, 0.1) is 0 Å². The number of alkyl halides is 3. The summed E-state index contributed by atoms with van der Waals surface area (Å²) in [6.07, 6.45) is -3.68. The van der Waals surface area contributed by atoms with Crippen molar-refractivity contribution in [1.29, 1.82) is 0 Å². The molecule has 0 aliphatic rings. The number of hydrogen-bond donors (Lipinski definition) is 1. The minimum absolute atomic E-state index is 0.350. The summed E-state index contributed by atoms with van der Waals surface area (Å²) in [5, 5.41) is 0. The van der Waals surface area contributed by atoms with Crippen LogP contribution in [-0.2, 0) is 6.18 Å². The Bertz CT molecular complexity index is 359. The van der Waals surface area contributed by atoms with Gasteiger partial charge in [-0.25, -0.2) is 0 Å². The van der Waals surface area contributed by atoms with Gasteiger partial charge in [0.05, 0.1) is 11.7 Å². The monoisotopic (exact) mass is 260 g/mol. The molecule has 5 heteroatoms. The molecule has 1 rings (SSSR count). The van der Waals surface area contributed by atoms with Crippen molar-refractivity contribution in [2.75, 3.05) is 13.1 Å². The lowest BCUT2D eigenvalue weighted by Gasteiger charge is -2.27. The Kier molecular flexibility index (Phi) is 5.16. The summed E-state index contributed by atoms with van der Waals surface area (Å²) in [7, 11) is 0. The van der Waals surface area contributed by atoms with Crippen LogP contribution < -0.4 is 5.73 Å². The van der Waals surface area contributed by atoms with E-state index in [1.807, 2.05) is 18.7 Å². The molecule has 0 saturated heterocycles. The van der Waals surface area contributed by atoms with Gasteiger partial charge in [0, 0.05) is 0 Å². The SMILES string of the molecule is CCCN(CC)C(N)c1ccc(C(F)(F)F)cc1. The summed E-state index contributed by atoms with van der Waals surface area (Å²) in [6.45, 7) is 5.64. The number of rotatable bonds is 5. The Labute approximate surface area is 106 Å². The quantitative estimate of drug-likeness (QED) is 0.822. The summed E-state index contributed by atoms with van der Waals surface area (Å²) < 4.78 is 37.3. The molecule has 1 unspecified atom stereocenters. The highest BCUT2D eigenvalue weighted by molar-refractivity contribution is 5.26. The summed E-state index contributed by atoms with van der Waals surface area (Å²) >= 11 is 0. The van der Waals surface area contributed by atoms with E-state index >= 15 is 0 Å². The summed E-state index contributed by atoms with van der Waals surface area (Å²) in [6, 6.07) is 5.06. The average molecular weight is 260 g/mol. The van der Waals surface area contributed by atoms with Crippen LogP contribution in [0.1, 0.15) is 37.6 Å². The van der Waals surface area contributed by atoms with Gasteiger partial charge >= 0.3 is 6.18 Å². The van der Waals surface area contributed by atoms with Crippen LogP contribution in [0.25, 0.3) is 0 Å². The third-order valence-corrected chi connectivity index (χ3v) is 2.89. The Morgan fingerprint density at radius 3 is 2.11 bits per heavy atom. The first-order valence-electron chi connectivity index (χ1n) is 6.07. The molecule has 2 nitrogen and oxygen atoms in total. The average Bonchev–Trinajstić information content (AvgIpc) is 2.34. The van der Waals surface area contributed by atoms with Crippen molar-refractivity contribution in [1.82, 2.24) is 4.90 Å². The Balaban J connectivity index is 2.84. The standard InChI is InChI=1S/C13H19F3N2/c1-3-9-18(4-2)12(17)10-5-7-11(8-6-10)13(14,15)16/h5-8,12H,3-4,9,17H2,1-2H3. The first-order valence-corrected chi connectivity index (χ1v) is 6.07. The number of nitrogens with two attached hydrogens (primary N) is 1. The molecule has 0 radical (unpaired) electrons. The van der Waals surface area contributed by atoms with Crippen molar-refractivity contribution in [2.24, 2.45) is 5.73 Å². The minimum Gasteiger partial charge on any atom is -0.312 e. The van der Waals surface area contributed by atoms with Crippen LogP contribution in [-0.4, -0.2) is 18.0 Å². The van der Waals surface area contributed by atoms with Crippen LogP contribution in [0.4, 0.5) is 13.2 Å². The van der Waals surface area contributed by atoms with Crippen molar-refractivity contribution >= 4 is 0 Å². The Hall–Kier alpha value is -1.07. The van der Waals surface area contributed by atoms with Gasteiger partial charge in [-0.15, -0.1) is 0 Å². The van der Waals surface area contributed by atoms with E-state index in [2.05, 4.69) is 0 Å². The lowest BCUT2D eigenvalue weighted by Crippen LogP contribution is -2.35. The van der Waals surface area contributed by atoms with Gasteiger partial charge in [0.25, 0.3) is 0 Å². The largest absolute Gasteiger partial charge is 0.416 e. The maximum Gasteiger partial charge on any atom is 0.416 e. The topological polar surface area (TPSA) is 29.3 Å². The van der Waals surface area contributed by atoms with Gasteiger partial charge in [-0.2, -0.15) is 13.2 Å². The predicted octanol–water partition coefficient (Wildman–Crippen LogP) is 3.39. The molecule has 102 valence electrons. The van der Waals surface area contributed by atoms with Crippen molar-refractivity contribution in [3.63, 3.8) is 0 Å². The maximum atomic E-state index is 12.4. The first kappa shape index (κ1) is 15.0. The zero-order valence-corrected chi connectivity index (χ0v) is 10.7. The van der Waals surface area contributed by atoms with Crippen molar-refractivity contribution in [2.45, 2.75) is 32.6 Å². The van der Waals surface area contributed by atoms with Gasteiger partial charge in [0.15, 0.2) is 0 Å². The molecule has 1 aromatic rings. The first-order chi connectivity index (χ1) is 8.40. The highest BCUT2D eigenvalue weighted by Gasteiger charge is 2.30. The van der Waals surface area contributed by atoms with Gasteiger partial charge in [0.1, 0.15) is 0 Å². The molecule has 18 heavy (non-hydrogen) atoms. The van der Waals surface area contributed by atoms with Crippen LogP contribution in [0.15, 0.2) is 24.3 Å². The van der Waals surface area contributed by atoms with Crippen LogP contribution in [0.2, 0.25) is 0 Å². The fourth-order valence-corrected chi connectivity index (χ4v) is 1.86. The van der Waals surface area contributed by atoms with E-state index in [1.54, 1.807) is 0 Å². The second kappa shape index (κ2) is 6.20. The zero-order valence-electron chi connectivity index (χ0n) is 10.7. The lowest BCUT2D eigenvalue weighted by atomic mass is 10.1. The maximum absolute atomic E-state index is 12.4. The highest BCUT2D eigenvalue weighted by Crippen LogP contribution is 2.30. The van der Waals surface area contributed by atoms with Gasteiger partial charge in [0.2, 0.25) is 0 Å². The third-order valence-electron chi connectivity index (χ3n) is 2.89. The van der Waals surface area contributed by atoms with Crippen LogP contribution >= 0.6 is 0 Å². The normalized spacial score (nSPS) is 13.9. The van der Waals surface area contributed by atoms with E-state index in [1.165, 1.54) is 12.1 Å². The van der Waals surface area contributed by atoms with Crippen LogP contribution in [0.3, 0.4) is 0 Å². The summed E-state index contributed by atoms with van der Waals surface area (Å²) in [5.41, 5.74) is 6.10. The fraction of sp³-hybridized carbons (Fsp3) is 0.538. The second-order valence-corrected chi connectivity index (χ2v) is 4.19. The molecule has 0 aromatic heterocycles. The molecule has 0 amide bonds. The number of halogens is 3. The van der Waals surface area contributed by atoms with E-state index in [9.17, 15) is 13.2 Å². The van der Waals surface area contributed by atoms with E-state index in [0.29, 0.717) is 5.56 Å². The molecule has 1 aromatic carbocycles. The summed E-state index contributed by atoms with van der Waals surface area (Å²) in [4.78, 5) is 2.03. The van der Waals surface area contributed by atoms with Gasteiger partial charge in [-0.05, 0) is 37.2 Å². The number of benzene rings is 1. The molecule has 1 atom stereocenters. The molecule has 0 bridgehead atoms. The molecule has 2 N–H and O–H groups in total. The number of nitrogens with zero attached hydrogens (tertiary/aromatic N) is 1. The zero-order chi connectivity index (χ0) is 13.8. The van der Waals surface area contributed by atoms with Gasteiger partial charge < -0.3 is 5.73 Å². The summed E-state index contributed by atoms with van der Waals surface area (Å²) in [5.74, 6) is 0. The van der Waals surface area contributed by atoms with Gasteiger partial charge in [-0.3, -0.25) is 4.90 Å². The van der Waals surface area contributed by atoms with Crippen molar-refractivity contribution in [3.05, 3.63) is 35.4 Å². The van der Waals surface area contributed by atoms with Crippen molar-refractivity contribution in [3.8, 4) is 0 Å². The predicted molar refractivity (Wildman–Crippen MR) is 65.9 cm³/mol. The molecular formula is C13H19F3N2. The van der Waals surface area contributed by atoms with Crippen molar-refractivity contribution < 1.29 is 13.2 Å². The molecule has 0 aliphatic heterocycles. The lowest BCUT2D eigenvalue weighted by molar-refractivity contribution is -0.137. The fourth-order valence-electron chi connectivity index (χ4n) is 1.86. The minimum atomic E-state index is -4.30. The van der Waals surface area contributed by atoms with E-state index in [4.69, 9.17) is 5.73 Å². The molecule has 0 heterocycles. The molecule has 0 spiro atoms. The molecule has 0 saturated carbocycles. The molecular weight excluding hydrogens is 241 g/mol. The molecule has 0 aliphatic carbocycles. The molecule has 0 fully saturated rings. The third kappa shape index (κ3) is 3.71. The van der Waals surface area contributed by atoms with E-state index in [0.717, 1.165) is 31.6 Å². The van der Waals surface area contributed by atoms with E-state index in [-0.39, 0.29) is 6.17 Å². The van der Waals surface area contributed by atoms with E-state index < -0.39 is 11.7 Å². The number of hydrogen-bond acceptors (Lipinski definition) is 2. The Morgan fingerprint density at radius 1 is 1.17 bits per heavy atom. The van der Waals surface area contributed by atoms with Crippen LogP contribution in [0.5, 0.6) is 0 Å². The van der Waals surface area contributed by atoms with Gasteiger partial charge in [-0.1, -0.05) is 26.0 Å². The smallest absolute Gasteiger partial charge is 0.312 e. The highest BCUT2D eigenvalue weighted by atomic mass is 19.4.